The average Bonchev–Trinajstić information content (AvgIpc) is 3.63. The molecular weight excluding hydrogens is 574 g/mol. The number of carbonyl (C=O) groups excluding carboxylic acids is 2. The van der Waals surface area contributed by atoms with Crippen molar-refractivity contribution >= 4 is 23.1 Å². The summed E-state index contributed by atoms with van der Waals surface area (Å²) in [7, 11) is 0. The maximum atomic E-state index is 12.1. The van der Waals surface area contributed by atoms with Crippen molar-refractivity contribution < 1.29 is 9.59 Å². The van der Waals surface area contributed by atoms with Crippen molar-refractivity contribution in [2.24, 2.45) is 0 Å². The molecule has 6 aromatic carbocycles. The van der Waals surface area contributed by atoms with E-state index in [4.69, 9.17) is 0 Å². The number of benzene rings is 6. The Morgan fingerprint density at radius 1 is 0.362 bits per heavy atom. The second-order valence-electron chi connectivity index (χ2n) is 11.2. The number of hydrogen-bond donors (Lipinski definition) is 0. The molecule has 1 heterocycles. The zero-order chi connectivity index (χ0) is 29.9. The molecule has 3 nitrogen and oxygen atoms in total. The minimum Gasteiger partial charge on any atom is -0.289 e. The molecule has 0 fully saturated rings. The number of rotatable bonds is 1. The first-order valence-corrected chi connectivity index (χ1v) is 15.0. The molecule has 2 aliphatic carbocycles. The lowest BCUT2D eigenvalue weighted by Gasteiger charge is -2.17. The van der Waals surface area contributed by atoms with Crippen molar-refractivity contribution in [1.82, 2.24) is 0 Å². The third kappa shape index (κ3) is 6.85. The molecule has 0 N–H and O–H groups in total. The van der Waals surface area contributed by atoms with Gasteiger partial charge in [0.15, 0.2) is 5.78 Å². The number of hydrogen-bond acceptors (Lipinski definition) is 2. The predicted molar refractivity (Wildman–Crippen MR) is 198 cm³/mol. The summed E-state index contributed by atoms with van der Waals surface area (Å²) in [5.41, 5.74) is 12.8. The number of fused-ring (bicyclic) bond motifs is 6. The minimum atomic E-state index is 0. The molecule has 0 spiro atoms. The number of para-hydroxylation sites is 2. The SMILES string of the molecule is C.C.C.O=C1Cc2ccccc2N1c1ccccc1.O=C1c2ccccc2Cc2ccccc21.c1ccc2c(c1)Cc1ccccc1-2. The molecule has 1 amide bonds. The summed E-state index contributed by atoms with van der Waals surface area (Å²) in [4.78, 5) is 25.9. The Labute approximate surface area is 280 Å². The van der Waals surface area contributed by atoms with E-state index in [2.05, 4.69) is 48.5 Å². The summed E-state index contributed by atoms with van der Waals surface area (Å²) in [6.07, 6.45) is 2.48. The van der Waals surface area contributed by atoms with Gasteiger partial charge in [-0.3, -0.25) is 14.5 Å². The van der Waals surface area contributed by atoms with Gasteiger partial charge in [-0.05, 0) is 70.0 Å². The van der Waals surface area contributed by atoms with Gasteiger partial charge < -0.3 is 0 Å². The van der Waals surface area contributed by atoms with Gasteiger partial charge in [0.2, 0.25) is 5.91 Å². The van der Waals surface area contributed by atoms with Crippen LogP contribution in [0.25, 0.3) is 11.1 Å². The third-order valence-corrected chi connectivity index (χ3v) is 8.45. The largest absolute Gasteiger partial charge is 0.289 e. The van der Waals surface area contributed by atoms with Crippen LogP contribution in [0.5, 0.6) is 0 Å². The fourth-order valence-corrected chi connectivity index (χ4v) is 6.34. The van der Waals surface area contributed by atoms with Gasteiger partial charge >= 0.3 is 0 Å². The highest BCUT2D eigenvalue weighted by molar-refractivity contribution is 6.12. The molecule has 0 atom stereocenters. The molecule has 47 heavy (non-hydrogen) atoms. The number of carbonyl (C=O) groups is 2. The zero-order valence-electron chi connectivity index (χ0n) is 24.3. The first kappa shape index (κ1) is 34.3. The van der Waals surface area contributed by atoms with Crippen LogP contribution in [0, 0.1) is 0 Å². The Bertz CT molecular complexity index is 1900. The Kier molecular flexibility index (Phi) is 11.1. The molecule has 0 unspecified atom stereocenters. The molecule has 0 saturated heterocycles. The van der Waals surface area contributed by atoms with E-state index in [0.29, 0.717) is 6.42 Å². The molecule has 6 aromatic rings. The number of anilines is 2. The Morgan fingerprint density at radius 3 is 1.21 bits per heavy atom. The van der Waals surface area contributed by atoms with Crippen molar-refractivity contribution in [3.63, 3.8) is 0 Å². The smallest absolute Gasteiger partial charge is 0.236 e. The second-order valence-corrected chi connectivity index (χ2v) is 11.2. The topological polar surface area (TPSA) is 37.4 Å². The normalized spacial score (nSPS) is 12.4. The van der Waals surface area contributed by atoms with E-state index in [1.165, 1.54) is 22.3 Å². The number of amides is 1. The minimum absolute atomic E-state index is 0. The summed E-state index contributed by atoms with van der Waals surface area (Å²) in [6.45, 7) is 0. The molecule has 9 rings (SSSR count). The summed E-state index contributed by atoms with van der Waals surface area (Å²) in [5, 5.41) is 0. The maximum Gasteiger partial charge on any atom is 0.236 e. The van der Waals surface area contributed by atoms with E-state index in [9.17, 15) is 9.59 Å². The summed E-state index contributed by atoms with van der Waals surface area (Å²) in [6, 6.07) is 50.7. The van der Waals surface area contributed by atoms with E-state index < -0.39 is 0 Å². The first-order valence-electron chi connectivity index (χ1n) is 15.0. The first-order chi connectivity index (χ1) is 21.7. The van der Waals surface area contributed by atoms with Crippen LogP contribution in [0.1, 0.15) is 66.0 Å². The van der Waals surface area contributed by atoms with E-state index >= 15 is 0 Å². The predicted octanol–water partition coefficient (Wildman–Crippen LogP) is 10.9. The lowest BCUT2D eigenvalue weighted by atomic mass is 9.85. The monoisotopic (exact) mass is 617 g/mol. The molecule has 0 saturated carbocycles. The highest BCUT2D eigenvalue weighted by atomic mass is 16.2. The average molecular weight is 618 g/mol. The number of ketones is 1. The Balaban J connectivity index is 0.000000155. The van der Waals surface area contributed by atoms with Gasteiger partial charge in [-0.25, -0.2) is 0 Å². The van der Waals surface area contributed by atoms with Crippen molar-refractivity contribution in [1.29, 1.82) is 0 Å². The zero-order valence-corrected chi connectivity index (χ0v) is 24.3. The summed E-state index contributed by atoms with van der Waals surface area (Å²) < 4.78 is 0. The Morgan fingerprint density at radius 2 is 0.723 bits per heavy atom. The molecule has 0 radical (unpaired) electrons. The molecule has 3 aliphatic rings. The van der Waals surface area contributed by atoms with Crippen LogP contribution in [0.2, 0.25) is 0 Å². The molecule has 1 aliphatic heterocycles. The van der Waals surface area contributed by atoms with Crippen molar-refractivity contribution in [3.05, 3.63) is 191 Å². The van der Waals surface area contributed by atoms with E-state index in [1.54, 1.807) is 4.90 Å². The maximum absolute atomic E-state index is 12.1. The Hall–Kier alpha value is -5.54. The van der Waals surface area contributed by atoms with Crippen molar-refractivity contribution in [2.75, 3.05) is 4.90 Å². The van der Waals surface area contributed by atoms with Gasteiger partial charge in [0, 0.05) is 16.8 Å². The van der Waals surface area contributed by atoms with Crippen LogP contribution in [0.4, 0.5) is 11.4 Å². The van der Waals surface area contributed by atoms with E-state index in [0.717, 1.165) is 52.0 Å². The van der Waals surface area contributed by atoms with E-state index in [1.807, 2.05) is 103 Å². The number of nitrogens with zero attached hydrogens (tertiary/aromatic N) is 1. The van der Waals surface area contributed by atoms with Crippen LogP contribution in [0.15, 0.2) is 152 Å². The fraction of sp³-hybridized carbons (Fsp3) is 0.136. The molecule has 236 valence electrons. The van der Waals surface area contributed by atoms with Gasteiger partial charge in [-0.15, -0.1) is 0 Å². The molecule has 3 heteroatoms. The van der Waals surface area contributed by atoms with Gasteiger partial charge in [-0.2, -0.15) is 0 Å². The van der Waals surface area contributed by atoms with Crippen molar-refractivity contribution in [2.45, 2.75) is 41.5 Å². The third-order valence-electron chi connectivity index (χ3n) is 8.45. The lowest BCUT2D eigenvalue weighted by molar-refractivity contribution is -0.116. The van der Waals surface area contributed by atoms with Gasteiger partial charge in [-0.1, -0.05) is 156 Å². The molecular formula is C44H43NO2. The van der Waals surface area contributed by atoms with E-state index in [-0.39, 0.29) is 34.0 Å². The van der Waals surface area contributed by atoms with Crippen LogP contribution in [0.3, 0.4) is 0 Å². The molecule has 0 bridgehead atoms. The standard InChI is InChI=1S/C14H11NO.C14H10O.C13H10.3CH4/c16-14-10-11-6-4-5-9-13(11)15(14)12-7-2-1-3-8-12;15-14-12-7-3-1-5-10(12)9-11-6-2-4-8-13(11)14;1-3-7-12-10(5-1)9-11-6-2-4-8-13(11)12;;;/h1-9H,10H2;1-8H,9H2;1-8H,9H2;3*1H4. The quantitative estimate of drug-likeness (QED) is 0.184. The van der Waals surface area contributed by atoms with Crippen LogP contribution >= 0.6 is 0 Å². The van der Waals surface area contributed by atoms with Crippen LogP contribution in [-0.2, 0) is 24.1 Å². The molecule has 0 aromatic heterocycles. The fourth-order valence-electron chi connectivity index (χ4n) is 6.34. The van der Waals surface area contributed by atoms with Crippen LogP contribution in [-0.4, -0.2) is 11.7 Å². The van der Waals surface area contributed by atoms with Gasteiger partial charge in [0.05, 0.1) is 12.1 Å². The highest BCUT2D eigenvalue weighted by Gasteiger charge is 2.27. The van der Waals surface area contributed by atoms with Crippen LogP contribution < -0.4 is 4.90 Å². The van der Waals surface area contributed by atoms with Crippen molar-refractivity contribution in [3.8, 4) is 11.1 Å². The summed E-state index contributed by atoms with van der Waals surface area (Å²) in [5.74, 6) is 0.305. The summed E-state index contributed by atoms with van der Waals surface area (Å²) >= 11 is 0. The second kappa shape index (κ2) is 15.2. The highest BCUT2D eigenvalue weighted by Crippen LogP contribution is 2.36. The van der Waals surface area contributed by atoms with Gasteiger partial charge in [0.25, 0.3) is 0 Å². The lowest BCUT2D eigenvalue weighted by Crippen LogP contribution is -2.20. The van der Waals surface area contributed by atoms with Gasteiger partial charge in [0.1, 0.15) is 0 Å².